The molecule has 0 aromatic carbocycles. The molecular formula is C15H17Cl2NO3S. The quantitative estimate of drug-likeness (QED) is 0.608. The predicted octanol–water partition coefficient (Wildman–Crippen LogP) is 3.54. The molecular weight excluding hydrogens is 345 g/mol. The summed E-state index contributed by atoms with van der Waals surface area (Å²) in [5.41, 5.74) is -0.894. The first-order chi connectivity index (χ1) is 10.3. The topological polar surface area (TPSA) is 46.6 Å². The molecule has 2 heterocycles. The lowest BCUT2D eigenvalue weighted by atomic mass is 10.1. The van der Waals surface area contributed by atoms with Crippen molar-refractivity contribution in [2.45, 2.75) is 36.6 Å². The monoisotopic (exact) mass is 361 g/mol. The molecule has 120 valence electrons. The summed E-state index contributed by atoms with van der Waals surface area (Å²) in [5, 5.41) is 2.00. The Balaban J connectivity index is 1.57. The maximum atomic E-state index is 12.4. The van der Waals surface area contributed by atoms with Crippen LogP contribution in [0.25, 0.3) is 0 Å². The highest BCUT2D eigenvalue weighted by Crippen LogP contribution is 2.64. The fourth-order valence-electron chi connectivity index (χ4n) is 2.83. The van der Waals surface area contributed by atoms with E-state index in [-0.39, 0.29) is 18.6 Å². The van der Waals surface area contributed by atoms with Gasteiger partial charge in [-0.25, -0.2) is 0 Å². The van der Waals surface area contributed by atoms with Crippen LogP contribution in [-0.4, -0.2) is 34.3 Å². The van der Waals surface area contributed by atoms with E-state index in [1.807, 2.05) is 17.5 Å². The molecule has 1 aromatic heterocycles. The second-order valence-corrected chi connectivity index (χ2v) is 8.51. The van der Waals surface area contributed by atoms with Crippen LogP contribution in [0.5, 0.6) is 0 Å². The zero-order chi connectivity index (χ0) is 16.0. The first kappa shape index (κ1) is 16.1. The number of hydrogen-bond donors (Lipinski definition) is 0. The van der Waals surface area contributed by atoms with Crippen LogP contribution < -0.4 is 0 Å². The van der Waals surface area contributed by atoms with Crippen molar-refractivity contribution in [1.82, 2.24) is 4.90 Å². The fraction of sp³-hybridized carbons (Fsp3) is 0.600. The molecule has 2 fully saturated rings. The maximum Gasteiger partial charge on any atom is 0.315 e. The van der Waals surface area contributed by atoms with Gasteiger partial charge in [0.25, 0.3) is 5.91 Å². The van der Waals surface area contributed by atoms with E-state index in [0.29, 0.717) is 13.0 Å². The van der Waals surface area contributed by atoms with Crippen molar-refractivity contribution in [3.63, 3.8) is 0 Å². The summed E-state index contributed by atoms with van der Waals surface area (Å²) in [6, 6.07) is 4.12. The summed E-state index contributed by atoms with van der Waals surface area (Å²) in [7, 11) is 0. The molecule has 2 unspecified atom stereocenters. The van der Waals surface area contributed by atoms with E-state index in [0.717, 1.165) is 12.8 Å². The van der Waals surface area contributed by atoms with Gasteiger partial charge >= 0.3 is 5.97 Å². The molecule has 2 aliphatic rings. The highest BCUT2D eigenvalue weighted by molar-refractivity contribution is 7.10. The van der Waals surface area contributed by atoms with Gasteiger partial charge in [-0.15, -0.1) is 34.5 Å². The molecule has 0 spiro atoms. The number of carbonyl (C=O) groups is 2. The van der Waals surface area contributed by atoms with Crippen molar-refractivity contribution < 1.29 is 14.3 Å². The average molecular weight is 362 g/mol. The Morgan fingerprint density at radius 3 is 2.82 bits per heavy atom. The van der Waals surface area contributed by atoms with Crippen LogP contribution in [0, 0.1) is 5.41 Å². The van der Waals surface area contributed by atoms with Crippen LogP contribution in [0.3, 0.4) is 0 Å². The molecule has 0 bridgehead atoms. The molecule has 4 nitrogen and oxygen atoms in total. The summed E-state index contributed by atoms with van der Waals surface area (Å²) < 4.78 is 4.08. The van der Waals surface area contributed by atoms with Gasteiger partial charge in [0.15, 0.2) is 6.61 Å². The molecule has 3 rings (SSSR count). The molecule has 0 N–H and O–H groups in total. The summed E-state index contributed by atoms with van der Waals surface area (Å²) >= 11 is 13.5. The third kappa shape index (κ3) is 2.74. The highest BCUT2D eigenvalue weighted by atomic mass is 35.5. The van der Waals surface area contributed by atoms with Crippen molar-refractivity contribution in [1.29, 1.82) is 0 Å². The van der Waals surface area contributed by atoms with Crippen molar-refractivity contribution >= 4 is 46.4 Å². The van der Waals surface area contributed by atoms with Gasteiger partial charge in [-0.3, -0.25) is 9.59 Å². The Labute approximate surface area is 143 Å². The first-order valence-corrected chi connectivity index (χ1v) is 8.87. The largest absolute Gasteiger partial charge is 0.455 e. The zero-order valence-electron chi connectivity index (χ0n) is 12.2. The van der Waals surface area contributed by atoms with Crippen LogP contribution in [0.1, 0.15) is 37.1 Å². The summed E-state index contributed by atoms with van der Waals surface area (Å²) in [4.78, 5) is 27.3. The van der Waals surface area contributed by atoms with Gasteiger partial charge in [0, 0.05) is 17.8 Å². The number of alkyl halides is 2. The van der Waals surface area contributed by atoms with E-state index in [4.69, 9.17) is 27.9 Å². The summed E-state index contributed by atoms with van der Waals surface area (Å²) in [6.45, 7) is 2.11. The van der Waals surface area contributed by atoms with Gasteiger partial charge in [-0.1, -0.05) is 6.07 Å². The van der Waals surface area contributed by atoms with Crippen molar-refractivity contribution in [3.8, 4) is 0 Å². The Morgan fingerprint density at radius 1 is 1.50 bits per heavy atom. The van der Waals surface area contributed by atoms with Crippen molar-refractivity contribution in [3.05, 3.63) is 22.4 Å². The lowest BCUT2D eigenvalue weighted by molar-refractivity contribution is -0.156. The number of esters is 1. The van der Waals surface area contributed by atoms with E-state index in [2.05, 4.69) is 0 Å². The molecule has 1 aliphatic carbocycles. The van der Waals surface area contributed by atoms with E-state index < -0.39 is 15.7 Å². The first-order valence-electron chi connectivity index (χ1n) is 7.23. The lowest BCUT2D eigenvalue weighted by Crippen LogP contribution is -2.35. The van der Waals surface area contributed by atoms with Gasteiger partial charge in [0.2, 0.25) is 0 Å². The number of nitrogens with zero attached hydrogens (tertiary/aromatic N) is 1. The van der Waals surface area contributed by atoms with Crippen molar-refractivity contribution in [2.24, 2.45) is 5.41 Å². The number of amides is 1. The number of thiophene rings is 1. The molecule has 1 amide bonds. The minimum atomic E-state index is -1.07. The number of likely N-dealkylation sites (tertiary alicyclic amines) is 1. The molecule has 1 aromatic rings. The predicted molar refractivity (Wildman–Crippen MR) is 86.1 cm³/mol. The third-order valence-electron chi connectivity index (χ3n) is 4.48. The normalized spacial score (nSPS) is 29.4. The standard InChI is InChI=1S/C15H17Cl2NO3S/c1-14(9-15(14,16)17)13(20)21-8-12(19)18-6-2-4-10(18)11-5-3-7-22-11/h3,5,7,10H,2,4,6,8-9H2,1H3. The Bertz CT molecular complexity index is 590. The number of hydrogen-bond acceptors (Lipinski definition) is 4. The minimum Gasteiger partial charge on any atom is -0.455 e. The maximum absolute atomic E-state index is 12.4. The molecule has 7 heteroatoms. The Morgan fingerprint density at radius 2 is 2.23 bits per heavy atom. The fourth-order valence-corrected chi connectivity index (χ4v) is 4.40. The Kier molecular flexibility index (Phi) is 4.16. The smallest absolute Gasteiger partial charge is 0.315 e. The molecule has 2 atom stereocenters. The minimum absolute atomic E-state index is 0.0999. The number of rotatable bonds is 4. The third-order valence-corrected chi connectivity index (χ3v) is 6.55. The van der Waals surface area contributed by atoms with Gasteiger partial charge < -0.3 is 9.64 Å². The van der Waals surface area contributed by atoms with Crippen LogP contribution in [0.2, 0.25) is 0 Å². The van der Waals surface area contributed by atoms with E-state index in [1.165, 1.54) is 4.88 Å². The summed E-state index contributed by atoms with van der Waals surface area (Å²) in [6.07, 6.45) is 2.27. The number of halogens is 2. The van der Waals surface area contributed by atoms with Crippen molar-refractivity contribution in [2.75, 3.05) is 13.2 Å². The summed E-state index contributed by atoms with van der Waals surface area (Å²) in [5.74, 6) is -0.666. The second-order valence-electron chi connectivity index (χ2n) is 6.05. The van der Waals surface area contributed by atoms with E-state index in [9.17, 15) is 9.59 Å². The molecule has 1 saturated carbocycles. The van der Waals surface area contributed by atoms with Crippen LogP contribution >= 0.6 is 34.5 Å². The molecule has 1 saturated heterocycles. The molecule has 22 heavy (non-hydrogen) atoms. The van der Waals surface area contributed by atoms with E-state index >= 15 is 0 Å². The highest BCUT2D eigenvalue weighted by Gasteiger charge is 2.69. The Hall–Kier alpha value is -0.780. The molecule has 1 aliphatic heterocycles. The van der Waals surface area contributed by atoms with E-state index in [1.54, 1.807) is 23.2 Å². The van der Waals surface area contributed by atoms with Gasteiger partial charge in [-0.05, 0) is 31.2 Å². The van der Waals surface area contributed by atoms with Crippen LogP contribution in [-0.2, 0) is 14.3 Å². The second kappa shape index (κ2) is 5.69. The molecule has 0 radical (unpaired) electrons. The van der Waals surface area contributed by atoms with Gasteiger partial charge in [-0.2, -0.15) is 0 Å². The van der Waals surface area contributed by atoms with Crippen LogP contribution in [0.4, 0.5) is 0 Å². The zero-order valence-corrected chi connectivity index (χ0v) is 14.5. The average Bonchev–Trinajstić information content (AvgIpc) is 2.97. The lowest BCUT2D eigenvalue weighted by Gasteiger charge is -2.24. The SMILES string of the molecule is CC1(C(=O)OCC(=O)N2CCCC2c2cccs2)CC1(Cl)Cl. The number of ether oxygens (including phenoxy) is 1. The van der Waals surface area contributed by atoms with Gasteiger partial charge in [0.1, 0.15) is 9.75 Å². The van der Waals surface area contributed by atoms with Crippen LogP contribution in [0.15, 0.2) is 17.5 Å². The number of carbonyl (C=O) groups excluding carboxylic acids is 2. The van der Waals surface area contributed by atoms with Gasteiger partial charge in [0.05, 0.1) is 6.04 Å².